The van der Waals surface area contributed by atoms with Crippen molar-refractivity contribution >= 4 is 13.6 Å². The van der Waals surface area contributed by atoms with Crippen molar-refractivity contribution in [3.05, 3.63) is 0 Å². The third-order valence-corrected chi connectivity index (χ3v) is 4.25. The second-order valence-corrected chi connectivity index (χ2v) is 5.55. The maximum atomic E-state index is 11.6. The van der Waals surface area contributed by atoms with Gasteiger partial charge in [0, 0.05) is 0 Å². The Kier molecular flexibility index (Phi) is 5.27. The van der Waals surface area contributed by atoms with Crippen molar-refractivity contribution in [1.29, 1.82) is 0 Å². The summed E-state index contributed by atoms with van der Waals surface area (Å²) in [6.07, 6.45) is -5.35. The molecule has 0 aromatic heterocycles. The molecule has 0 aromatic carbocycles. The Morgan fingerprint density at radius 2 is 1.47 bits per heavy atom. The third-order valence-electron chi connectivity index (χ3n) is 2.36. The summed E-state index contributed by atoms with van der Waals surface area (Å²) in [6, 6.07) is 0. The lowest BCUT2D eigenvalue weighted by molar-refractivity contribution is -0.175. The van der Waals surface area contributed by atoms with Crippen LogP contribution in [0.1, 0.15) is 20.8 Å². The van der Waals surface area contributed by atoms with E-state index in [2.05, 4.69) is 4.74 Å². The van der Waals surface area contributed by atoms with E-state index in [1.807, 2.05) is 0 Å². The van der Waals surface area contributed by atoms with Gasteiger partial charge in [-0.2, -0.15) is 0 Å². The third kappa shape index (κ3) is 3.04. The molecule has 0 radical (unpaired) electrons. The van der Waals surface area contributed by atoms with Crippen LogP contribution in [0.25, 0.3) is 0 Å². The first-order valence-corrected chi connectivity index (χ1v) is 6.40. The molecule has 0 saturated heterocycles. The molecule has 0 spiro atoms. The molecule has 0 aliphatic heterocycles. The molecule has 0 bridgehead atoms. The molecular weight excluding hydrogens is 255 g/mol. The van der Waals surface area contributed by atoms with Gasteiger partial charge in [0.15, 0.2) is 6.29 Å². The Balaban J connectivity index is 5.67. The zero-order valence-electron chi connectivity index (χ0n) is 9.64. The van der Waals surface area contributed by atoms with Crippen LogP contribution in [0.5, 0.6) is 0 Å². The number of hydrogen-bond donors (Lipinski definition) is 5. The van der Waals surface area contributed by atoms with Gasteiger partial charge < -0.3 is 29.8 Å². The van der Waals surface area contributed by atoms with Gasteiger partial charge in [0.25, 0.3) is 0 Å². The number of aliphatic hydroxyl groups is 3. The van der Waals surface area contributed by atoms with Crippen LogP contribution in [0.4, 0.5) is 0 Å². The zero-order valence-corrected chi connectivity index (χ0v) is 10.5. The van der Waals surface area contributed by atoms with E-state index in [4.69, 9.17) is 14.9 Å². The smallest absolute Gasteiger partial charge is 0.348 e. The van der Waals surface area contributed by atoms with Crippen LogP contribution in [0.15, 0.2) is 0 Å². The standard InChI is InChI=1S/C8H17O8P/c1-4(9)8(5(2)10,17(13,14)15)7(12)16-6(3)11/h4-6,9-11H,1-3H3,(H2,13,14,15). The summed E-state index contributed by atoms with van der Waals surface area (Å²) in [5.41, 5.74) is 0. The molecule has 0 heterocycles. The largest absolute Gasteiger partial charge is 0.435 e. The minimum Gasteiger partial charge on any atom is -0.435 e. The van der Waals surface area contributed by atoms with E-state index >= 15 is 0 Å². The van der Waals surface area contributed by atoms with Crippen molar-refractivity contribution in [3.63, 3.8) is 0 Å². The van der Waals surface area contributed by atoms with E-state index in [1.165, 1.54) is 0 Å². The van der Waals surface area contributed by atoms with Gasteiger partial charge in [-0.1, -0.05) is 0 Å². The monoisotopic (exact) mass is 272 g/mol. The fourth-order valence-electron chi connectivity index (χ4n) is 1.55. The normalized spacial score (nSPS) is 21.2. The predicted octanol–water partition coefficient (Wildman–Crippen LogP) is -1.45. The SMILES string of the molecule is CC(O)OC(=O)C(C(C)O)(C(C)O)P(=O)(O)O. The van der Waals surface area contributed by atoms with Gasteiger partial charge in [-0.3, -0.25) is 9.36 Å². The van der Waals surface area contributed by atoms with Crippen LogP contribution in [0.3, 0.4) is 0 Å². The zero-order chi connectivity index (χ0) is 14.0. The number of rotatable bonds is 5. The van der Waals surface area contributed by atoms with Gasteiger partial charge in [-0.25, -0.2) is 0 Å². The van der Waals surface area contributed by atoms with E-state index < -0.39 is 37.2 Å². The van der Waals surface area contributed by atoms with Crippen LogP contribution in [0, 0.1) is 0 Å². The van der Waals surface area contributed by atoms with Crippen molar-refractivity contribution < 1.29 is 39.2 Å². The van der Waals surface area contributed by atoms with E-state index in [9.17, 15) is 19.6 Å². The predicted molar refractivity (Wildman–Crippen MR) is 55.9 cm³/mol. The molecule has 0 rings (SSSR count). The van der Waals surface area contributed by atoms with Crippen molar-refractivity contribution in [2.75, 3.05) is 0 Å². The van der Waals surface area contributed by atoms with Crippen LogP contribution in [-0.4, -0.2) is 54.7 Å². The highest BCUT2D eigenvalue weighted by Crippen LogP contribution is 2.55. The average Bonchev–Trinajstić information content (AvgIpc) is 1.96. The summed E-state index contributed by atoms with van der Waals surface area (Å²) in [5, 5.41) is 24.9. The molecule has 0 fully saturated rings. The summed E-state index contributed by atoms with van der Waals surface area (Å²) in [6.45, 7) is 2.93. The minimum atomic E-state index is -5.22. The minimum absolute atomic E-state index is 0.940. The van der Waals surface area contributed by atoms with Gasteiger partial charge in [0.2, 0.25) is 5.16 Å². The van der Waals surface area contributed by atoms with Crippen LogP contribution >= 0.6 is 7.60 Å². The van der Waals surface area contributed by atoms with Crippen LogP contribution < -0.4 is 0 Å². The highest BCUT2D eigenvalue weighted by atomic mass is 31.2. The number of carbonyl (C=O) groups excluding carboxylic acids is 1. The van der Waals surface area contributed by atoms with Gasteiger partial charge in [0.05, 0.1) is 12.2 Å². The Bertz CT molecular complexity index is 309. The number of ether oxygens (including phenoxy) is 1. The maximum Gasteiger partial charge on any atom is 0.348 e. The number of esters is 1. The number of hydrogen-bond acceptors (Lipinski definition) is 6. The van der Waals surface area contributed by atoms with E-state index in [0.717, 1.165) is 20.8 Å². The molecule has 0 saturated carbocycles. The summed E-state index contributed by atoms with van der Waals surface area (Å²) < 4.78 is 15.6. The molecule has 8 nitrogen and oxygen atoms in total. The first-order chi connectivity index (χ1) is 7.47. The van der Waals surface area contributed by atoms with Crippen molar-refractivity contribution in [1.82, 2.24) is 0 Å². The summed E-state index contributed by atoms with van der Waals surface area (Å²) in [7, 11) is -5.22. The van der Waals surface area contributed by atoms with Gasteiger partial charge in [-0.05, 0) is 20.8 Å². The van der Waals surface area contributed by atoms with Gasteiger partial charge in [-0.15, -0.1) is 0 Å². The molecule has 9 heteroatoms. The number of carbonyl (C=O) groups is 1. The fraction of sp³-hybridized carbons (Fsp3) is 0.875. The molecule has 102 valence electrons. The molecule has 3 atom stereocenters. The van der Waals surface area contributed by atoms with E-state index in [-0.39, 0.29) is 0 Å². The number of aliphatic hydroxyl groups excluding tert-OH is 3. The average molecular weight is 272 g/mol. The van der Waals surface area contributed by atoms with Crippen molar-refractivity contribution in [2.45, 2.75) is 44.4 Å². The Labute approximate surface area is 98.0 Å². The molecule has 5 N–H and O–H groups in total. The molecule has 0 amide bonds. The van der Waals surface area contributed by atoms with Crippen LogP contribution in [0.2, 0.25) is 0 Å². The Morgan fingerprint density at radius 1 is 1.12 bits per heavy atom. The first-order valence-electron chi connectivity index (χ1n) is 4.78. The summed E-state index contributed by atoms with van der Waals surface area (Å²) in [5.74, 6) is -1.56. The second kappa shape index (κ2) is 5.43. The van der Waals surface area contributed by atoms with Crippen molar-refractivity contribution in [3.8, 4) is 0 Å². The summed E-state index contributed by atoms with van der Waals surface area (Å²) >= 11 is 0. The maximum absolute atomic E-state index is 11.6. The molecule has 0 aliphatic carbocycles. The molecular formula is C8H17O8P. The molecule has 17 heavy (non-hydrogen) atoms. The van der Waals surface area contributed by atoms with Crippen molar-refractivity contribution in [2.24, 2.45) is 0 Å². The highest BCUT2D eigenvalue weighted by Gasteiger charge is 2.62. The highest BCUT2D eigenvalue weighted by molar-refractivity contribution is 7.55. The lowest BCUT2D eigenvalue weighted by Gasteiger charge is -2.36. The van der Waals surface area contributed by atoms with Gasteiger partial charge >= 0.3 is 13.6 Å². The molecule has 0 aromatic rings. The van der Waals surface area contributed by atoms with Gasteiger partial charge in [0.1, 0.15) is 0 Å². The molecule has 0 aliphatic rings. The van der Waals surface area contributed by atoms with E-state index in [1.54, 1.807) is 0 Å². The molecule has 3 unspecified atom stereocenters. The first kappa shape index (κ1) is 16.5. The Morgan fingerprint density at radius 3 is 1.65 bits per heavy atom. The topological polar surface area (TPSA) is 145 Å². The second-order valence-electron chi connectivity index (χ2n) is 3.73. The summed E-state index contributed by atoms with van der Waals surface area (Å²) in [4.78, 5) is 29.9. The lowest BCUT2D eigenvalue weighted by atomic mass is 9.96. The van der Waals surface area contributed by atoms with Crippen LogP contribution in [-0.2, 0) is 14.1 Å². The quantitative estimate of drug-likeness (QED) is 0.232. The van der Waals surface area contributed by atoms with E-state index in [0.29, 0.717) is 0 Å². The lowest BCUT2D eigenvalue weighted by Crippen LogP contribution is -2.57. The fourth-order valence-corrected chi connectivity index (χ4v) is 2.81. The Hall–Kier alpha value is -0.500.